The predicted molar refractivity (Wildman–Crippen MR) is 116 cm³/mol. The Hall–Kier alpha value is -3.80. The molecule has 1 N–H and O–H groups in total. The Morgan fingerprint density at radius 1 is 0.967 bits per heavy atom. The Bertz CT molecular complexity index is 1140. The molecule has 4 rings (SSSR count). The predicted octanol–water partition coefficient (Wildman–Crippen LogP) is 4.05. The maximum atomic E-state index is 12.7. The highest BCUT2D eigenvalue weighted by Gasteiger charge is 2.14. The number of carbonyl (C=O) groups excluding carboxylic acids is 1. The Kier molecular flexibility index (Phi) is 5.94. The quantitative estimate of drug-likeness (QED) is 0.484. The smallest absolute Gasteiger partial charge is 0.255 e. The monoisotopic (exact) mass is 401 g/mol. The summed E-state index contributed by atoms with van der Waals surface area (Å²) in [7, 11) is 1.55. The van der Waals surface area contributed by atoms with Gasteiger partial charge in [-0.2, -0.15) is 0 Å². The van der Waals surface area contributed by atoms with E-state index in [1.807, 2.05) is 66.7 Å². The molecule has 0 saturated carbocycles. The van der Waals surface area contributed by atoms with E-state index >= 15 is 0 Å². The summed E-state index contributed by atoms with van der Waals surface area (Å²) in [6, 6.07) is 24.8. The molecule has 0 spiro atoms. The average molecular weight is 401 g/mol. The number of hydrogen-bond acceptors (Lipinski definition) is 4. The number of nitrogens with one attached hydrogen (secondary N) is 1. The third kappa shape index (κ3) is 4.27. The zero-order valence-corrected chi connectivity index (χ0v) is 16.7. The van der Waals surface area contributed by atoms with Crippen molar-refractivity contribution in [3.05, 3.63) is 90.3 Å². The number of methoxy groups -OCH3 is 1. The van der Waals surface area contributed by atoms with E-state index in [-0.39, 0.29) is 5.91 Å². The number of benzene rings is 3. The number of carbonyl (C=O) groups is 1. The van der Waals surface area contributed by atoms with Crippen LogP contribution >= 0.6 is 0 Å². The van der Waals surface area contributed by atoms with Gasteiger partial charge in [0.05, 0.1) is 36.8 Å². The van der Waals surface area contributed by atoms with Gasteiger partial charge in [0, 0.05) is 0 Å². The molecule has 30 heavy (non-hydrogen) atoms. The molecule has 6 nitrogen and oxygen atoms in total. The molecule has 0 bridgehead atoms. The van der Waals surface area contributed by atoms with E-state index in [1.165, 1.54) is 0 Å². The molecule has 1 aromatic heterocycles. The molecule has 6 heteroatoms. The normalized spacial score (nSPS) is 10.7. The molecule has 0 radical (unpaired) electrons. The van der Waals surface area contributed by atoms with Crippen molar-refractivity contribution < 1.29 is 14.3 Å². The minimum Gasteiger partial charge on any atom is -0.496 e. The van der Waals surface area contributed by atoms with Crippen LogP contribution in [0.4, 0.5) is 0 Å². The molecule has 0 aliphatic heterocycles. The first kappa shape index (κ1) is 19.5. The lowest BCUT2D eigenvalue weighted by atomic mass is 10.2. The zero-order valence-electron chi connectivity index (χ0n) is 16.7. The number of fused-ring (bicyclic) bond motifs is 1. The first-order valence-corrected chi connectivity index (χ1v) is 9.79. The number of ether oxygens (including phenoxy) is 2. The second-order valence-corrected chi connectivity index (χ2v) is 6.71. The fraction of sp³-hybridized carbons (Fsp3) is 0.167. The van der Waals surface area contributed by atoms with Crippen LogP contribution in [-0.4, -0.2) is 29.2 Å². The van der Waals surface area contributed by atoms with E-state index in [1.54, 1.807) is 19.2 Å². The van der Waals surface area contributed by atoms with Crippen molar-refractivity contribution in [3.8, 4) is 11.5 Å². The summed E-state index contributed by atoms with van der Waals surface area (Å²) >= 11 is 0. The second kappa shape index (κ2) is 9.13. The Morgan fingerprint density at radius 3 is 2.53 bits per heavy atom. The van der Waals surface area contributed by atoms with Crippen LogP contribution in [0.2, 0.25) is 0 Å². The first-order chi connectivity index (χ1) is 14.8. The average Bonchev–Trinajstić information content (AvgIpc) is 3.15. The van der Waals surface area contributed by atoms with Gasteiger partial charge in [0.15, 0.2) is 0 Å². The third-order valence-electron chi connectivity index (χ3n) is 4.82. The molecule has 3 aromatic carbocycles. The molecule has 0 saturated heterocycles. The molecular formula is C24H23N3O3. The summed E-state index contributed by atoms with van der Waals surface area (Å²) in [5.74, 6) is 1.94. The van der Waals surface area contributed by atoms with Crippen LogP contribution in [-0.2, 0) is 13.1 Å². The van der Waals surface area contributed by atoms with Crippen molar-refractivity contribution in [2.45, 2.75) is 13.1 Å². The minimum atomic E-state index is -0.202. The van der Waals surface area contributed by atoms with Gasteiger partial charge < -0.3 is 19.4 Å². The van der Waals surface area contributed by atoms with Gasteiger partial charge in [-0.15, -0.1) is 0 Å². The maximum Gasteiger partial charge on any atom is 0.255 e. The molecule has 1 amide bonds. The fourth-order valence-corrected chi connectivity index (χ4v) is 3.37. The van der Waals surface area contributed by atoms with E-state index < -0.39 is 0 Å². The molecule has 1 heterocycles. The fourth-order valence-electron chi connectivity index (χ4n) is 3.37. The van der Waals surface area contributed by atoms with Crippen molar-refractivity contribution in [2.24, 2.45) is 0 Å². The maximum absolute atomic E-state index is 12.7. The topological polar surface area (TPSA) is 65.4 Å². The molecule has 0 aliphatic rings. The number of para-hydroxylation sites is 4. The highest BCUT2D eigenvalue weighted by atomic mass is 16.5. The summed E-state index contributed by atoms with van der Waals surface area (Å²) in [6.45, 7) is 1.42. The van der Waals surface area contributed by atoms with Crippen molar-refractivity contribution >= 4 is 16.9 Å². The lowest BCUT2D eigenvalue weighted by Crippen LogP contribution is -2.25. The Balaban J connectivity index is 1.50. The molecule has 152 valence electrons. The molecule has 0 fully saturated rings. The van der Waals surface area contributed by atoms with Gasteiger partial charge in [0.2, 0.25) is 0 Å². The summed E-state index contributed by atoms with van der Waals surface area (Å²) in [6.07, 6.45) is 0. The largest absolute Gasteiger partial charge is 0.496 e. The van der Waals surface area contributed by atoms with Crippen LogP contribution in [0.3, 0.4) is 0 Å². The van der Waals surface area contributed by atoms with E-state index in [2.05, 4.69) is 9.88 Å². The number of nitrogens with zero attached hydrogens (tertiary/aromatic N) is 2. The number of imidazole rings is 1. The van der Waals surface area contributed by atoms with Crippen LogP contribution < -0.4 is 14.8 Å². The van der Waals surface area contributed by atoms with Crippen LogP contribution in [0.1, 0.15) is 16.2 Å². The number of rotatable bonds is 8. The zero-order chi connectivity index (χ0) is 20.8. The van der Waals surface area contributed by atoms with E-state index in [9.17, 15) is 4.79 Å². The number of amides is 1. The summed E-state index contributed by atoms with van der Waals surface area (Å²) in [5.41, 5.74) is 2.39. The molecule has 0 unspecified atom stereocenters. The van der Waals surface area contributed by atoms with Crippen molar-refractivity contribution in [3.63, 3.8) is 0 Å². The van der Waals surface area contributed by atoms with Gasteiger partial charge in [-0.05, 0) is 36.4 Å². The van der Waals surface area contributed by atoms with Crippen molar-refractivity contribution in [1.29, 1.82) is 0 Å². The molecule has 4 aromatic rings. The Labute approximate surface area is 175 Å². The van der Waals surface area contributed by atoms with Gasteiger partial charge >= 0.3 is 0 Å². The van der Waals surface area contributed by atoms with Crippen molar-refractivity contribution in [1.82, 2.24) is 14.9 Å². The van der Waals surface area contributed by atoms with Gasteiger partial charge in [-0.3, -0.25) is 4.79 Å². The van der Waals surface area contributed by atoms with Gasteiger partial charge in [0.25, 0.3) is 5.91 Å². The summed E-state index contributed by atoms with van der Waals surface area (Å²) < 4.78 is 13.2. The highest BCUT2D eigenvalue weighted by Crippen LogP contribution is 2.19. The van der Waals surface area contributed by atoms with Crippen LogP contribution in [0.25, 0.3) is 11.0 Å². The van der Waals surface area contributed by atoms with Crippen LogP contribution in [0, 0.1) is 0 Å². The summed E-state index contributed by atoms with van der Waals surface area (Å²) in [5, 5.41) is 2.96. The first-order valence-electron chi connectivity index (χ1n) is 9.79. The van der Waals surface area contributed by atoms with Gasteiger partial charge in [-0.25, -0.2) is 4.98 Å². The highest BCUT2D eigenvalue weighted by molar-refractivity contribution is 5.96. The van der Waals surface area contributed by atoms with E-state index in [4.69, 9.17) is 14.5 Å². The van der Waals surface area contributed by atoms with Gasteiger partial charge in [-0.1, -0.05) is 42.5 Å². The Morgan fingerprint density at radius 2 is 1.70 bits per heavy atom. The van der Waals surface area contributed by atoms with Gasteiger partial charge in [0.1, 0.15) is 23.9 Å². The van der Waals surface area contributed by atoms with E-state index in [0.717, 1.165) is 22.6 Å². The summed E-state index contributed by atoms with van der Waals surface area (Å²) in [4.78, 5) is 17.4. The molecular weight excluding hydrogens is 378 g/mol. The lowest BCUT2D eigenvalue weighted by molar-refractivity contribution is 0.0946. The molecule has 0 aliphatic carbocycles. The standard InChI is InChI=1S/C24H23N3O3/c1-29-22-14-8-5-11-19(22)24(28)25-17-23-26-20-12-6-7-13-21(20)27(23)15-16-30-18-9-3-2-4-10-18/h2-14H,15-17H2,1H3,(H,25,28). The lowest BCUT2D eigenvalue weighted by Gasteiger charge is -2.12. The van der Waals surface area contributed by atoms with Crippen LogP contribution in [0.5, 0.6) is 11.5 Å². The molecule has 0 atom stereocenters. The third-order valence-corrected chi connectivity index (χ3v) is 4.82. The van der Waals surface area contributed by atoms with Crippen LogP contribution in [0.15, 0.2) is 78.9 Å². The van der Waals surface area contributed by atoms with Crippen molar-refractivity contribution in [2.75, 3.05) is 13.7 Å². The minimum absolute atomic E-state index is 0.202. The SMILES string of the molecule is COc1ccccc1C(=O)NCc1nc2ccccc2n1CCOc1ccccc1. The number of aromatic nitrogens is 2. The van der Waals surface area contributed by atoms with E-state index in [0.29, 0.717) is 31.0 Å². The number of hydrogen-bond donors (Lipinski definition) is 1. The second-order valence-electron chi connectivity index (χ2n) is 6.71.